The zero-order valence-electron chi connectivity index (χ0n) is 12.9. The van der Waals surface area contributed by atoms with Crippen LogP contribution >= 0.6 is 0 Å². The molecule has 112 valence electrons. The van der Waals surface area contributed by atoms with E-state index in [1.54, 1.807) is 0 Å². The summed E-state index contributed by atoms with van der Waals surface area (Å²) in [5, 5.41) is 0. The van der Waals surface area contributed by atoms with E-state index in [0.29, 0.717) is 0 Å². The third kappa shape index (κ3) is 2.45. The van der Waals surface area contributed by atoms with Crippen molar-refractivity contribution in [2.24, 2.45) is 7.05 Å². The first-order chi connectivity index (χ1) is 10.8. The van der Waals surface area contributed by atoms with Gasteiger partial charge in [-0.05, 0) is 31.2 Å². The molecule has 0 fully saturated rings. The molecule has 4 rings (SSSR count). The summed E-state index contributed by atoms with van der Waals surface area (Å²) in [6.45, 7) is 0.908. The standard InChI is InChI=1S/C18H20N4/c1-21-11-17(19-12-21)15-8-6-14(7-9-15)10-22-13-20-16-4-2-3-5-18(16)22/h6-9,11-13H,2-5,10H2,1H3. The molecule has 0 atom stereocenters. The highest BCUT2D eigenvalue weighted by Gasteiger charge is 2.15. The van der Waals surface area contributed by atoms with Gasteiger partial charge in [-0.3, -0.25) is 0 Å². The third-order valence-corrected chi connectivity index (χ3v) is 4.42. The molecule has 0 aliphatic heterocycles. The SMILES string of the molecule is Cn1cnc(-c2ccc(Cn3cnc4c3CCCC4)cc2)c1. The van der Waals surface area contributed by atoms with Crippen molar-refractivity contribution in [1.82, 2.24) is 19.1 Å². The van der Waals surface area contributed by atoms with Gasteiger partial charge >= 0.3 is 0 Å². The molecule has 4 heteroatoms. The number of aromatic nitrogens is 4. The van der Waals surface area contributed by atoms with Crippen LogP contribution in [0.5, 0.6) is 0 Å². The second-order valence-electron chi connectivity index (χ2n) is 6.09. The van der Waals surface area contributed by atoms with Crippen molar-refractivity contribution in [2.45, 2.75) is 32.2 Å². The van der Waals surface area contributed by atoms with Gasteiger partial charge in [0.2, 0.25) is 0 Å². The lowest BCUT2D eigenvalue weighted by Crippen LogP contribution is -2.08. The van der Waals surface area contributed by atoms with Crippen molar-refractivity contribution in [3.8, 4) is 11.3 Å². The van der Waals surface area contributed by atoms with Gasteiger partial charge in [0.25, 0.3) is 0 Å². The van der Waals surface area contributed by atoms with E-state index < -0.39 is 0 Å². The van der Waals surface area contributed by atoms with E-state index in [0.717, 1.165) is 24.2 Å². The highest BCUT2D eigenvalue weighted by Crippen LogP contribution is 2.22. The molecular formula is C18H20N4. The van der Waals surface area contributed by atoms with Gasteiger partial charge in [0.05, 0.1) is 24.0 Å². The Labute approximate surface area is 130 Å². The Morgan fingerprint density at radius 1 is 1.00 bits per heavy atom. The molecule has 2 heterocycles. The van der Waals surface area contributed by atoms with Crippen molar-refractivity contribution in [3.05, 3.63) is 60.1 Å². The van der Waals surface area contributed by atoms with Crippen LogP contribution in [0, 0.1) is 0 Å². The zero-order chi connectivity index (χ0) is 14.9. The van der Waals surface area contributed by atoms with Crippen LogP contribution in [0.3, 0.4) is 0 Å². The lowest BCUT2D eigenvalue weighted by atomic mass is 10.0. The van der Waals surface area contributed by atoms with Crippen LogP contribution in [0.1, 0.15) is 29.8 Å². The molecule has 1 aliphatic rings. The van der Waals surface area contributed by atoms with E-state index in [2.05, 4.69) is 38.8 Å². The van der Waals surface area contributed by atoms with E-state index in [4.69, 9.17) is 0 Å². The van der Waals surface area contributed by atoms with Crippen LogP contribution in [0.2, 0.25) is 0 Å². The summed E-state index contributed by atoms with van der Waals surface area (Å²) in [6, 6.07) is 8.69. The Morgan fingerprint density at radius 3 is 2.59 bits per heavy atom. The topological polar surface area (TPSA) is 35.6 Å². The van der Waals surface area contributed by atoms with Crippen LogP contribution < -0.4 is 0 Å². The largest absolute Gasteiger partial charge is 0.340 e. The van der Waals surface area contributed by atoms with Crippen molar-refractivity contribution in [2.75, 3.05) is 0 Å². The first-order valence-corrected chi connectivity index (χ1v) is 7.90. The summed E-state index contributed by atoms with van der Waals surface area (Å²) in [5.74, 6) is 0. The molecule has 1 aliphatic carbocycles. The number of aryl methyl sites for hydroxylation is 2. The number of imidazole rings is 2. The van der Waals surface area contributed by atoms with Gasteiger partial charge in [-0.15, -0.1) is 0 Å². The van der Waals surface area contributed by atoms with Gasteiger partial charge in [-0.2, -0.15) is 0 Å². The summed E-state index contributed by atoms with van der Waals surface area (Å²) in [7, 11) is 1.99. The molecule has 4 nitrogen and oxygen atoms in total. The second kappa shape index (κ2) is 5.44. The quantitative estimate of drug-likeness (QED) is 0.743. The Bertz CT molecular complexity index is 780. The fraction of sp³-hybridized carbons (Fsp3) is 0.333. The third-order valence-electron chi connectivity index (χ3n) is 4.42. The Balaban J connectivity index is 1.55. The molecule has 3 aromatic rings. The fourth-order valence-electron chi connectivity index (χ4n) is 3.21. The maximum Gasteiger partial charge on any atom is 0.0954 e. The summed E-state index contributed by atoms with van der Waals surface area (Å²) in [6.07, 6.45) is 10.8. The summed E-state index contributed by atoms with van der Waals surface area (Å²) in [5.41, 5.74) is 6.23. The Kier molecular flexibility index (Phi) is 3.29. The molecule has 0 saturated carbocycles. The van der Waals surface area contributed by atoms with Crippen LogP contribution in [-0.4, -0.2) is 19.1 Å². The van der Waals surface area contributed by atoms with Gasteiger partial charge in [-0.25, -0.2) is 9.97 Å². The molecule has 0 spiro atoms. The lowest BCUT2D eigenvalue weighted by Gasteiger charge is -2.14. The van der Waals surface area contributed by atoms with Crippen LogP contribution in [0.25, 0.3) is 11.3 Å². The fourth-order valence-corrected chi connectivity index (χ4v) is 3.21. The van der Waals surface area contributed by atoms with Crippen molar-refractivity contribution in [3.63, 3.8) is 0 Å². The summed E-state index contributed by atoms with van der Waals surface area (Å²) in [4.78, 5) is 8.97. The first kappa shape index (κ1) is 13.3. The molecular weight excluding hydrogens is 272 g/mol. The second-order valence-corrected chi connectivity index (χ2v) is 6.09. The predicted molar refractivity (Wildman–Crippen MR) is 86.6 cm³/mol. The average molecular weight is 292 g/mol. The molecule has 0 bridgehead atoms. The lowest BCUT2D eigenvalue weighted by molar-refractivity contribution is 0.628. The normalized spacial score (nSPS) is 14.0. The number of hydrogen-bond acceptors (Lipinski definition) is 2. The molecule has 0 N–H and O–H groups in total. The monoisotopic (exact) mass is 292 g/mol. The minimum absolute atomic E-state index is 0.908. The number of benzene rings is 1. The number of rotatable bonds is 3. The molecule has 2 aromatic heterocycles. The predicted octanol–water partition coefficient (Wildman–Crippen LogP) is 3.21. The Hall–Kier alpha value is -2.36. The summed E-state index contributed by atoms with van der Waals surface area (Å²) >= 11 is 0. The van der Waals surface area contributed by atoms with Gasteiger partial charge in [-0.1, -0.05) is 24.3 Å². The van der Waals surface area contributed by atoms with Crippen molar-refractivity contribution < 1.29 is 0 Å². The minimum atomic E-state index is 0.908. The Morgan fingerprint density at radius 2 is 1.82 bits per heavy atom. The van der Waals surface area contributed by atoms with E-state index in [1.807, 2.05) is 30.5 Å². The zero-order valence-corrected chi connectivity index (χ0v) is 12.9. The van der Waals surface area contributed by atoms with Gasteiger partial charge < -0.3 is 9.13 Å². The van der Waals surface area contributed by atoms with Crippen LogP contribution in [0.15, 0.2) is 43.1 Å². The number of nitrogens with zero attached hydrogens (tertiary/aromatic N) is 4. The molecule has 0 radical (unpaired) electrons. The average Bonchev–Trinajstić information content (AvgIpc) is 3.15. The minimum Gasteiger partial charge on any atom is -0.340 e. The highest BCUT2D eigenvalue weighted by molar-refractivity contribution is 5.58. The van der Waals surface area contributed by atoms with E-state index in [-0.39, 0.29) is 0 Å². The highest BCUT2D eigenvalue weighted by atomic mass is 15.1. The van der Waals surface area contributed by atoms with Crippen molar-refractivity contribution in [1.29, 1.82) is 0 Å². The van der Waals surface area contributed by atoms with E-state index >= 15 is 0 Å². The van der Waals surface area contributed by atoms with E-state index in [1.165, 1.54) is 36.2 Å². The molecule has 22 heavy (non-hydrogen) atoms. The van der Waals surface area contributed by atoms with E-state index in [9.17, 15) is 0 Å². The molecule has 0 amide bonds. The first-order valence-electron chi connectivity index (χ1n) is 7.90. The van der Waals surface area contributed by atoms with Gasteiger partial charge in [0, 0.05) is 31.0 Å². The number of fused-ring (bicyclic) bond motifs is 1. The van der Waals surface area contributed by atoms with Crippen molar-refractivity contribution >= 4 is 0 Å². The van der Waals surface area contributed by atoms with Crippen LogP contribution in [-0.2, 0) is 26.4 Å². The molecule has 0 saturated heterocycles. The maximum absolute atomic E-state index is 4.57. The van der Waals surface area contributed by atoms with Gasteiger partial charge in [0.15, 0.2) is 0 Å². The van der Waals surface area contributed by atoms with Gasteiger partial charge in [0.1, 0.15) is 0 Å². The molecule has 1 aromatic carbocycles. The molecule has 0 unspecified atom stereocenters. The summed E-state index contributed by atoms with van der Waals surface area (Å²) < 4.78 is 4.28. The number of hydrogen-bond donors (Lipinski definition) is 0. The maximum atomic E-state index is 4.57. The smallest absolute Gasteiger partial charge is 0.0954 e. The van der Waals surface area contributed by atoms with Crippen LogP contribution in [0.4, 0.5) is 0 Å².